The summed E-state index contributed by atoms with van der Waals surface area (Å²) < 4.78 is 43.5. The maximum absolute atomic E-state index is 12.5. The number of benzene rings is 2. The van der Waals surface area contributed by atoms with Gasteiger partial charge in [0.25, 0.3) is 5.91 Å². The molecule has 192 valence electrons. The van der Waals surface area contributed by atoms with Crippen molar-refractivity contribution in [3.63, 3.8) is 0 Å². The SMILES string of the molecule is Cc1ccc(C(=O)Nc2ccc(C)c(OC3CCN(Cc4ccco4)C3)c2)cc1.O=C(O)C(F)(F)F. The quantitative estimate of drug-likeness (QED) is 0.465. The number of amides is 1. The molecule has 1 unspecified atom stereocenters. The van der Waals surface area contributed by atoms with Crippen LogP contribution in [0.2, 0.25) is 0 Å². The molecule has 0 radical (unpaired) electrons. The number of nitrogens with one attached hydrogen (secondary N) is 1. The van der Waals surface area contributed by atoms with Crippen LogP contribution in [0.1, 0.15) is 33.7 Å². The van der Waals surface area contributed by atoms with Crippen LogP contribution in [0.15, 0.2) is 65.3 Å². The number of rotatable bonds is 6. The zero-order valence-corrected chi connectivity index (χ0v) is 19.8. The molecule has 1 saturated heterocycles. The van der Waals surface area contributed by atoms with E-state index in [2.05, 4.69) is 10.2 Å². The molecular formula is C26H27F3N2O5. The third-order valence-electron chi connectivity index (χ3n) is 5.48. The van der Waals surface area contributed by atoms with Crippen LogP contribution in [0.4, 0.5) is 18.9 Å². The van der Waals surface area contributed by atoms with Gasteiger partial charge in [-0.25, -0.2) is 4.79 Å². The number of halogens is 3. The standard InChI is InChI=1S/C24H26N2O3.C2HF3O2/c1-17-5-8-19(9-6-17)24(27)25-20-10-7-18(2)23(14-20)29-22-11-12-26(16-22)15-21-4-3-13-28-21;3-2(4,5)1(6)7/h3-10,13-14,22H,11-12,15-16H2,1-2H3,(H,25,27);(H,6,7). The van der Waals surface area contributed by atoms with Crippen molar-refractivity contribution in [2.45, 2.75) is 39.1 Å². The zero-order valence-electron chi connectivity index (χ0n) is 19.8. The van der Waals surface area contributed by atoms with Gasteiger partial charge >= 0.3 is 12.1 Å². The number of carbonyl (C=O) groups is 2. The Morgan fingerprint density at radius 2 is 1.83 bits per heavy atom. The van der Waals surface area contributed by atoms with E-state index in [0.29, 0.717) is 5.56 Å². The number of furan rings is 1. The largest absolute Gasteiger partial charge is 0.490 e. The number of likely N-dealkylation sites (tertiary alicyclic amines) is 1. The van der Waals surface area contributed by atoms with Gasteiger partial charge in [-0.05, 0) is 56.2 Å². The van der Waals surface area contributed by atoms with Crippen molar-refractivity contribution in [2.24, 2.45) is 0 Å². The summed E-state index contributed by atoms with van der Waals surface area (Å²) in [5.41, 5.74) is 3.57. The Balaban J connectivity index is 0.000000454. The Morgan fingerprint density at radius 1 is 1.14 bits per heavy atom. The Labute approximate surface area is 206 Å². The van der Waals surface area contributed by atoms with E-state index in [1.165, 1.54) is 0 Å². The lowest BCUT2D eigenvalue weighted by Gasteiger charge is -2.18. The molecular weight excluding hydrogens is 477 g/mol. The number of carbonyl (C=O) groups excluding carboxylic acids is 1. The first-order valence-corrected chi connectivity index (χ1v) is 11.2. The fourth-order valence-electron chi connectivity index (χ4n) is 3.55. The normalized spacial score (nSPS) is 15.6. The number of hydrogen-bond donors (Lipinski definition) is 2. The van der Waals surface area contributed by atoms with Crippen LogP contribution in [0, 0.1) is 13.8 Å². The highest BCUT2D eigenvalue weighted by molar-refractivity contribution is 6.04. The van der Waals surface area contributed by atoms with Crippen LogP contribution in [0.3, 0.4) is 0 Å². The molecule has 1 aliphatic heterocycles. The Morgan fingerprint density at radius 3 is 2.44 bits per heavy atom. The van der Waals surface area contributed by atoms with Crippen molar-refractivity contribution in [3.8, 4) is 5.75 Å². The van der Waals surface area contributed by atoms with Crippen LogP contribution >= 0.6 is 0 Å². The maximum atomic E-state index is 12.5. The predicted octanol–water partition coefficient (Wildman–Crippen LogP) is 5.44. The fourth-order valence-corrected chi connectivity index (χ4v) is 3.55. The summed E-state index contributed by atoms with van der Waals surface area (Å²) in [7, 11) is 0. The maximum Gasteiger partial charge on any atom is 0.490 e. The Hall–Kier alpha value is -3.79. The minimum Gasteiger partial charge on any atom is -0.489 e. The van der Waals surface area contributed by atoms with Gasteiger partial charge in [-0.15, -0.1) is 0 Å². The third-order valence-corrected chi connectivity index (χ3v) is 5.48. The second-order valence-electron chi connectivity index (χ2n) is 8.45. The van der Waals surface area contributed by atoms with Gasteiger partial charge in [-0.2, -0.15) is 13.2 Å². The number of carboxylic acid groups (broad SMARTS) is 1. The number of aliphatic carboxylic acids is 1. The van der Waals surface area contributed by atoms with E-state index >= 15 is 0 Å². The van der Waals surface area contributed by atoms with Crippen molar-refractivity contribution in [1.29, 1.82) is 0 Å². The molecule has 4 rings (SSSR count). The van der Waals surface area contributed by atoms with Crippen LogP contribution in [0.25, 0.3) is 0 Å². The first-order valence-electron chi connectivity index (χ1n) is 11.2. The predicted molar refractivity (Wildman–Crippen MR) is 127 cm³/mol. The second kappa shape index (κ2) is 11.8. The lowest BCUT2D eigenvalue weighted by atomic mass is 10.1. The number of ether oxygens (including phenoxy) is 1. The van der Waals surface area contributed by atoms with E-state index in [0.717, 1.165) is 54.4 Å². The van der Waals surface area contributed by atoms with Crippen molar-refractivity contribution in [3.05, 3.63) is 83.3 Å². The van der Waals surface area contributed by atoms with Gasteiger partial charge in [-0.3, -0.25) is 9.69 Å². The minimum absolute atomic E-state index is 0.120. The number of alkyl halides is 3. The number of carboxylic acids is 1. The monoisotopic (exact) mass is 504 g/mol. The summed E-state index contributed by atoms with van der Waals surface area (Å²) in [4.78, 5) is 23.7. The van der Waals surface area contributed by atoms with E-state index in [4.69, 9.17) is 19.1 Å². The molecule has 2 N–H and O–H groups in total. The molecule has 1 aliphatic rings. The molecule has 1 atom stereocenters. The molecule has 1 amide bonds. The van der Waals surface area contributed by atoms with Gasteiger partial charge in [0.15, 0.2) is 0 Å². The number of hydrogen-bond acceptors (Lipinski definition) is 5. The van der Waals surface area contributed by atoms with Crippen LogP contribution < -0.4 is 10.1 Å². The summed E-state index contributed by atoms with van der Waals surface area (Å²) in [5.74, 6) is -1.09. The average Bonchev–Trinajstić information content (AvgIpc) is 3.49. The van der Waals surface area contributed by atoms with E-state index in [1.54, 1.807) is 6.26 Å². The van der Waals surface area contributed by atoms with Crippen LogP contribution in [-0.2, 0) is 11.3 Å². The van der Waals surface area contributed by atoms with Gasteiger partial charge in [0, 0.05) is 30.4 Å². The molecule has 3 aromatic rings. The highest BCUT2D eigenvalue weighted by Gasteiger charge is 2.38. The lowest BCUT2D eigenvalue weighted by molar-refractivity contribution is -0.192. The molecule has 36 heavy (non-hydrogen) atoms. The summed E-state index contributed by atoms with van der Waals surface area (Å²) in [5, 5.41) is 10.1. The zero-order chi connectivity index (χ0) is 26.3. The molecule has 0 aliphatic carbocycles. The molecule has 2 aromatic carbocycles. The summed E-state index contributed by atoms with van der Waals surface area (Å²) >= 11 is 0. The Bertz CT molecular complexity index is 1160. The fraction of sp³-hybridized carbons (Fsp3) is 0.308. The van der Waals surface area contributed by atoms with Gasteiger partial charge in [0.05, 0.1) is 12.8 Å². The topological polar surface area (TPSA) is 92.0 Å². The van der Waals surface area contributed by atoms with Gasteiger partial charge in [0.2, 0.25) is 0 Å². The number of anilines is 1. The first kappa shape index (κ1) is 26.8. The molecule has 1 aromatic heterocycles. The third kappa shape index (κ3) is 7.88. The summed E-state index contributed by atoms with van der Waals surface area (Å²) in [6.07, 6.45) is -2.27. The second-order valence-corrected chi connectivity index (χ2v) is 8.45. The van der Waals surface area contributed by atoms with Gasteiger partial charge < -0.3 is 19.6 Å². The molecule has 7 nitrogen and oxygen atoms in total. The van der Waals surface area contributed by atoms with E-state index in [1.807, 2.05) is 68.4 Å². The van der Waals surface area contributed by atoms with Crippen LogP contribution in [0.5, 0.6) is 5.75 Å². The molecule has 0 spiro atoms. The molecule has 1 fully saturated rings. The number of nitrogens with zero attached hydrogens (tertiary/aromatic N) is 1. The van der Waals surface area contributed by atoms with E-state index in [9.17, 15) is 18.0 Å². The highest BCUT2D eigenvalue weighted by atomic mass is 19.4. The minimum atomic E-state index is -5.08. The molecule has 0 saturated carbocycles. The van der Waals surface area contributed by atoms with Gasteiger partial charge in [-0.1, -0.05) is 23.8 Å². The smallest absolute Gasteiger partial charge is 0.489 e. The summed E-state index contributed by atoms with van der Waals surface area (Å²) in [6, 6.07) is 17.3. The highest BCUT2D eigenvalue weighted by Crippen LogP contribution is 2.27. The van der Waals surface area contributed by atoms with Crippen molar-refractivity contribution >= 4 is 17.6 Å². The average molecular weight is 505 g/mol. The van der Waals surface area contributed by atoms with E-state index in [-0.39, 0.29) is 12.0 Å². The number of aryl methyl sites for hydroxylation is 2. The molecule has 0 bridgehead atoms. The Kier molecular flexibility index (Phi) is 8.76. The van der Waals surface area contributed by atoms with Crippen LogP contribution in [-0.4, -0.2) is 47.3 Å². The van der Waals surface area contributed by atoms with Crippen molar-refractivity contribution in [2.75, 3.05) is 18.4 Å². The molecule has 10 heteroatoms. The first-order chi connectivity index (χ1) is 17.0. The van der Waals surface area contributed by atoms with Crippen molar-refractivity contribution in [1.82, 2.24) is 4.90 Å². The molecule has 2 heterocycles. The van der Waals surface area contributed by atoms with Crippen molar-refractivity contribution < 1.29 is 37.0 Å². The summed E-state index contributed by atoms with van der Waals surface area (Å²) in [6.45, 7) is 6.67. The van der Waals surface area contributed by atoms with E-state index < -0.39 is 12.1 Å². The van der Waals surface area contributed by atoms with Gasteiger partial charge in [0.1, 0.15) is 17.6 Å². The lowest BCUT2D eigenvalue weighted by Crippen LogP contribution is -2.24.